The van der Waals surface area contributed by atoms with Gasteiger partial charge in [-0.05, 0) is 20.8 Å². The molecule has 1 aromatic carbocycles. The average Bonchev–Trinajstić information content (AvgIpc) is 3.14. The fourth-order valence-corrected chi connectivity index (χ4v) is 3.03. The van der Waals surface area contributed by atoms with E-state index in [1.807, 2.05) is 6.07 Å². The Hall–Kier alpha value is -3.13. The second-order valence-electron chi connectivity index (χ2n) is 8.03. The Morgan fingerprint density at radius 1 is 0.944 bits per heavy atom. The van der Waals surface area contributed by atoms with Crippen molar-refractivity contribution in [1.29, 1.82) is 0 Å². The van der Waals surface area contributed by atoms with E-state index in [1.165, 1.54) is 11.4 Å². The molecule has 0 bridgehead atoms. The molecule has 1 aliphatic heterocycles. The zero-order valence-corrected chi connectivity index (χ0v) is 19.8. The lowest BCUT2D eigenvalue weighted by Gasteiger charge is -2.36. The van der Waals surface area contributed by atoms with Crippen LogP contribution in [0.4, 0.5) is 26.3 Å². The number of alkyl halides is 6. The van der Waals surface area contributed by atoms with Crippen LogP contribution in [0.2, 0.25) is 0 Å². The van der Waals surface area contributed by atoms with Crippen LogP contribution in [0, 0.1) is 6.92 Å². The molecule has 8 nitrogen and oxygen atoms in total. The Balaban J connectivity index is 0.000000383. The molecule has 0 unspecified atom stereocenters. The lowest BCUT2D eigenvalue weighted by molar-refractivity contribution is -0.193. The van der Waals surface area contributed by atoms with Gasteiger partial charge in [-0.2, -0.15) is 26.3 Å². The fraction of sp³-hybridized carbons (Fsp3) is 0.500. The van der Waals surface area contributed by atoms with E-state index in [2.05, 4.69) is 59.8 Å². The second kappa shape index (κ2) is 13.3. The maximum absolute atomic E-state index is 10.6. The summed E-state index contributed by atoms with van der Waals surface area (Å²) in [7, 11) is 0. The molecule has 1 saturated heterocycles. The van der Waals surface area contributed by atoms with E-state index in [9.17, 15) is 26.3 Å². The van der Waals surface area contributed by atoms with Crippen LogP contribution in [0.1, 0.15) is 25.2 Å². The molecule has 0 saturated carbocycles. The molecule has 36 heavy (non-hydrogen) atoms. The second-order valence-corrected chi connectivity index (χ2v) is 8.03. The lowest BCUT2D eigenvalue weighted by atomic mass is 10.2. The van der Waals surface area contributed by atoms with Gasteiger partial charge < -0.3 is 15.2 Å². The molecule has 0 radical (unpaired) electrons. The molecule has 3 N–H and O–H groups in total. The summed E-state index contributed by atoms with van der Waals surface area (Å²) in [6.45, 7) is 12.2. The van der Waals surface area contributed by atoms with Crippen LogP contribution < -0.4 is 0 Å². The molecule has 0 amide bonds. The first kappa shape index (κ1) is 30.9. The van der Waals surface area contributed by atoms with Gasteiger partial charge in [0.25, 0.3) is 0 Å². The quantitative estimate of drug-likeness (QED) is 0.513. The van der Waals surface area contributed by atoms with Crippen molar-refractivity contribution >= 4 is 11.9 Å². The highest BCUT2D eigenvalue weighted by Gasteiger charge is 2.38. The number of hydrogen-bond donors (Lipinski definition) is 3. The highest BCUT2D eigenvalue weighted by Crippen LogP contribution is 2.19. The normalized spacial score (nSPS) is 14.9. The molecule has 1 fully saturated rings. The molecule has 0 atom stereocenters. The fourth-order valence-electron chi connectivity index (χ4n) is 3.03. The number of imidazole rings is 1. The van der Waals surface area contributed by atoms with E-state index in [0.717, 1.165) is 44.1 Å². The van der Waals surface area contributed by atoms with Gasteiger partial charge in [-0.1, -0.05) is 30.3 Å². The van der Waals surface area contributed by atoms with E-state index < -0.39 is 24.3 Å². The predicted octanol–water partition coefficient (Wildman–Crippen LogP) is 4.18. The smallest absolute Gasteiger partial charge is 0.475 e. The third-order valence-corrected chi connectivity index (χ3v) is 5.03. The van der Waals surface area contributed by atoms with Crippen molar-refractivity contribution in [2.45, 2.75) is 45.7 Å². The monoisotopic (exact) mass is 526 g/mol. The van der Waals surface area contributed by atoms with Crippen LogP contribution in [-0.4, -0.2) is 86.5 Å². The number of carbonyl (C=O) groups is 2. The number of hydrogen-bond acceptors (Lipinski definition) is 5. The molecular weight excluding hydrogens is 498 g/mol. The number of piperazine rings is 1. The van der Waals surface area contributed by atoms with Crippen LogP contribution in [0.3, 0.4) is 0 Å². The first-order valence-corrected chi connectivity index (χ1v) is 10.7. The number of carboxylic acids is 2. The van der Waals surface area contributed by atoms with E-state index in [4.69, 9.17) is 24.8 Å². The van der Waals surface area contributed by atoms with Crippen LogP contribution in [0.15, 0.2) is 30.3 Å². The van der Waals surface area contributed by atoms with Gasteiger partial charge in [-0.3, -0.25) is 9.80 Å². The minimum Gasteiger partial charge on any atom is -0.475 e. The molecule has 0 spiro atoms. The lowest BCUT2D eigenvalue weighted by Crippen LogP contribution is -2.48. The van der Waals surface area contributed by atoms with Crippen molar-refractivity contribution in [3.63, 3.8) is 0 Å². The number of rotatable bonds is 4. The number of aromatic nitrogens is 2. The van der Waals surface area contributed by atoms with E-state index in [0.29, 0.717) is 6.04 Å². The molecule has 1 aliphatic rings. The molecule has 0 aliphatic carbocycles. The first-order valence-electron chi connectivity index (χ1n) is 10.7. The number of aryl methyl sites for hydroxylation is 1. The minimum atomic E-state index is -5.08. The van der Waals surface area contributed by atoms with Gasteiger partial charge in [-0.15, -0.1) is 0 Å². The summed E-state index contributed by atoms with van der Waals surface area (Å²) >= 11 is 0. The Morgan fingerprint density at radius 3 is 1.78 bits per heavy atom. The first-order chi connectivity index (χ1) is 16.5. The number of aromatic amines is 1. The molecule has 2 aromatic rings. The van der Waals surface area contributed by atoms with E-state index in [1.54, 1.807) is 0 Å². The number of nitrogens with one attached hydrogen (secondary N) is 1. The number of aliphatic carboxylic acids is 2. The maximum atomic E-state index is 10.6. The summed E-state index contributed by atoms with van der Waals surface area (Å²) in [5, 5.41) is 14.2. The summed E-state index contributed by atoms with van der Waals surface area (Å²) in [5.41, 5.74) is 3.52. The summed E-state index contributed by atoms with van der Waals surface area (Å²) in [4.78, 5) is 31.1. The Morgan fingerprint density at radius 2 is 1.39 bits per heavy atom. The number of halogens is 6. The van der Waals surface area contributed by atoms with Crippen molar-refractivity contribution in [3.05, 3.63) is 41.7 Å². The van der Waals surface area contributed by atoms with Gasteiger partial charge in [-0.25, -0.2) is 14.6 Å². The van der Waals surface area contributed by atoms with Crippen molar-refractivity contribution in [3.8, 4) is 11.4 Å². The largest absolute Gasteiger partial charge is 0.490 e. The maximum Gasteiger partial charge on any atom is 0.490 e. The summed E-state index contributed by atoms with van der Waals surface area (Å²) in [5.74, 6) is -4.53. The number of H-pyrrole nitrogens is 1. The van der Waals surface area contributed by atoms with Gasteiger partial charge in [0.15, 0.2) is 0 Å². The SMILES string of the molecule is Cc1[nH]c(-c2ccccc2)nc1CN1CCN(C(C)C)CC1.O=C(O)C(F)(F)F.O=C(O)C(F)(F)F. The van der Waals surface area contributed by atoms with Crippen molar-refractivity contribution in [2.75, 3.05) is 26.2 Å². The Labute approximate surface area is 203 Å². The molecule has 1 aromatic heterocycles. The molecule has 3 rings (SSSR count). The minimum absolute atomic E-state index is 0.652. The standard InChI is InChI=1S/C18H26N4.2C2HF3O2/c1-14(2)22-11-9-21(10-12-22)13-17-15(3)19-18(20-17)16-7-5-4-6-8-16;2*3-2(4,5)1(6)7/h4-8,14H,9-13H2,1-3H3,(H,19,20);2*(H,6,7). The van der Waals surface area contributed by atoms with Crippen LogP contribution in [0.5, 0.6) is 0 Å². The predicted molar refractivity (Wildman–Crippen MR) is 118 cm³/mol. The molecule has 2 heterocycles. The van der Waals surface area contributed by atoms with Gasteiger partial charge in [0.2, 0.25) is 0 Å². The van der Waals surface area contributed by atoms with Gasteiger partial charge in [0, 0.05) is 50.0 Å². The molecule has 14 heteroatoms. The van der Waals surface area contributed by atoms with E-state index >= 15 is 0 Å². The number of carboxylic acid groups (broad SMARTS) is 2. The number of nitrogens with zero attached hydrogens (tertiary/aromatic N) is 3. The summed E-state index contributed by atoms with van der Waals surface area (Å²) in [6.07, 6.45) is -10.2. The van der Waals surface area contributed by atoms with Crippen molar-refractivity contribution in [2.24, 2.45) is 0 Å². The summed E-state index contributed by atoms with van der Waals surface area (Å²) in [6, 6.07) is 11.0. The number of benzene rings is 1. The Kier molecular flexibility index (Phi) is 11.4. The van der Waals surface area contributed by atoms with E-state index in [-0.39, 0.29) is 0 Å². The van der Waals surface area contributed by atoms with Crippen LogP contribution >= 0.6 is 0 Å². The highest BCUT2D eigenvalue weighted by atomic mass is 19.4. The third kappa shape index (κ3) is 10.6. The van der Waals surface area contributed by atoms with Gasteiger partial charge in [0.1, 0.15) is 5.82 Å². The average molecular weight is 526 g/mol. The topological polar surface area (TPSA) is 110 Å². The summed E-state index contributed by atoms with van der Waals surface area (Å²) < 4.78 is 63.5. The van der Waals surface area contributed by atoms with Crippen LogP contribution in [-0.2, 0) is 16.1 Å². The van der Waals surface area contributed by atoms with Crippen molar-refractivity contribution < 1.29 is 46.1 Å². The third-order valence-electron chi connectivity index (χ3n) is 5.03. The Bertz CT molecular complexity index is 945. The van der Waals surface area contributed by atoms with Crippen LogP contribution in [0.25, 0.3) is 11.4 Å². The van der Waals surface area contributed by atoms with Crippen molar-refractivity contribution in [1.82, 2.24) is 19.8 Å². The van der Waals surface area contributed by atoms with Gasteiger partial charge in [0.05, 0.1) is 5.69 Å². The highest BCUT2D eigenvalue weighted by molar-refractivity contribution is 5.73. The zero-order valence-electron chi connectivity index (χ0n) is 19.8. The molecular formula is C22H28F6N4O4. The molecule has 202 valence electrons. The zero-order chi connectivity index (χ0) is 27.7. The van der Waals surface area contributed by atoms with Gasteiger partial charge >= 0.3 is 24.3 Å².